The normalized spacial score (nSPS) is 11.0. The summed E-state index contributed by atoms with van der Waals surface area (Å²) in [6, 6.07) is 9.65. The lowest BCUT2D eigenvalue weighted by molar-refractivity contribution is 0.0699. The third-order valence-corrected chi connectivity index (χ3v) is 3.89. The van der Waals surface area contributed by atoms with E-state index in [9.17, 15) is 14.3 Å². The first kappa shape index (κ1) is 13.8. The summed E-state index contributed by atoms with van der Waals surface area (Å²) in [5, 5.41) is 9.22. The second-order valence-corrected chi connectivity index (χ2v) is 5.43. The van der Waals surface area contributed by atoms with Gasteiger partial charge in [-0.3, -0.25) is 4.57 Å². The van der Waals surface area contributed by atoms with E-state index in [1.807, 2.05) is 0 Å². The first-order valence-electron chi connectivity index (χ1n) is 6.16. The summed E-state index contributed by atoms with van der Waals surface area (Å²) in [5.41, 5.74) is 1.75. The SMILES string of the molecule is Cc1nc2c(C(=O)O)cccc2n1-c1ccc(Br)c(F)c1. The molecule has 0 aliphatic heterocycles. The number of carbonyl (C=O) groups is 1. The molecule has 0 saturated carbocycles. The number of aromatic carboxylic acids is 1. The third kappa shape index (κ3) is 2.21. The molecule has 1 N–H and O–H groups in total. The summed E-state index contributed by atoms with van der Waals surface area (Å²) in [4.78, 5) is 15.6. The van der Waals surface area contributed by atoms with Gasteiger partial charge in [0.1, 0.15) is 17.2 Å². The summed E-state index contributed by atoms with van der Waals surface area (Å²) in [5.74, 6) is -0.823. The Hall–Kier alpha value is -2.21. The van der Waals surface area contributed by atoms with Crippen LogP contribution in [0, 0.1) is 12.7 Å². The van der Waals surface area contributed by atoms with E-state index in [0.717, 1.165) is 0 Å². The van der Waals surface area contributed by atoms with E-state index < -0.39 is 5.97 Å². The number of aryl methyl sites for hydroxylation is 1. The molecule has 0 spiro atoms. The van der Waals surface area contributed by atoms with Crippen molar-refractivity contribution in [3.63, 3.8) is 0 Å². The third-order valence-electron chi connectivity index (χ3n) is 3.24. The fourth-order valence-corrected chi connectivity index (χ4v) is 2.58. The average Bonchev–Trinajstić information content (AvgIpc) is 2.77. The van der Waals surface area contributed by atoms with Crippen LogP contribution in [0.15, 0.2) is 40.9 Å². The first-order valence-corrected chi connectivity index (χ1v) is 6.95. The highest BCUT2D eigenvalue weighted by molar-refractivity contribution is 9.10. The Balaban J connectivity index is 2.32. The fourth-order valence-electron chi connectivity index (χ4n) is 2.34. The van der Waals surface area contributed by atoms with Crippen LogP contribution < -0.4 is 0 Å². The number of rotatable bonds is 2. The van der Waals surface area contributed by atoms with Crippen molar-refractivity contribution >= 4 is 32.9 Å². The number of halogens is 2. The van der Waals surface area contributed by atoms with E-state index in [4.69, 9.17) is 0 Å². The molecule has 6 heteroatoms. The molecule has 1 aromatic heterocycles. The molecule has 0 fully saturated rings. The summed E-state index contributed by atoms with van der Waals surface area (Å²) in [6.45, 7) is 1.76. The minimum Gasteiger partial charge on any atom is -0.478 e. The van der Waals surface area contributed by atoms with Crippen LogP contribution in [0.1, 0.15) is 16.2 Å². The minimum absolute atomic E-state index is 0.131. The lowest BCUT2D eigenvalue weighted by atomic mass is 10.2. The van der Waals surface area contributed by atoms with Gasteiger partial charge in [0.05, 0.1) is 21.2 Å². The van der Waals surface area contributed by atoms with Gasteiger partial charge in [0, 0.05) is 0 Å². The van der Waals surface area contributed by atoms with Gasteiger partial charge in [-0.1, -0.05) is 6.07 Å². The largest absolute Gasteiger partial charge is 0.478 e. The fraction of sp³-hybridized carbons (Fsp3) is 0.0667. The summed E-state index contributed by atoms with van der Waals surface area (Å²) in [7, 11) is 0. The van der Waals surface area contributed by atoms with Crippen LogP contribution in [0.25, 0.3) is 16.7 Å². The van der Waals surface area contributed by atoms with Crippen molar-refractivity contribution in [3.05, 3.63) is 58.1 Å². The predicted octanol–water partition coefficient (Wildman–Crippen LogP) is 3.93. The maximum atomic E-state index is 13.7. The Morgan fingerprint density at radius 1 is 1.33 bits per heavy atom. The lowest BCUT2D eigenvalue weighted by Gasteiger charge is -2.08. The Kier molecular flexibility index (Phi) is 3.25. The van der Waals surface area contributed by atoms with Gasteiger partial charge in [-0.25, -0.2) is 14.2 Å². The van der Waals surface area contributed by atoms with Crippen molar-refractivity contribution in [3.8, 4) is 5.69 Å². The van der Waals surface area contributed by atoms with Crippen molar-refractivity contribution in [2.75, 3.05) is 0 Å². The number of carboxylic acid groups (broad SMARTS) is 1. The minimum atomic E-state index is -1.03. The van der Waals surface area contributed by atoms with Gasteiger partial charge in [0.15, 0.2) is 0 Å². The zero-order chi connectivity index (χ0) is 15.1. The molecular weight excluding hydrogens is 339 g/mol. The topological polar surface area (TPSA) is 55.1 Å². The number of aromatic nitrogens is 2. The number of nitrogens with zero attached hydrogens (tertiary/aromatic N) is 2. The number of carboxylic acids is 1. The zero-order valence-electron chi connectivity index (χ0n) is 11.0. The van der Waals surface area contributed by atoms with Gasteiger partial charge in [-0.15, -0.1) is 0 Å². The maximum absolute atomic E-state index is 13.7. The van der Waals surface area contributed by atoms with Crippen LogP contribution in [0.2, 0.25) is 0 Å². The highest BCUT2D eigenvalue weighted by Crippen LogP contribution is 2.26. The van der Waals surface area contributed by atoms with Crippen molar-refractivity contribution in [1.29, 1.82) is 0 Å². The maximum Gasteiger partial charge on any atom is 0.337 e. The van der Waals surface area contributed by atoms with Crippen LogP contribution in [-0.4, -0.2) is 20.6 Å². The Bertz CT molecular complexity index is 873. The molecule has 3 rings (SSSR count). The van der Waals surface area contributed by atoms with Crippen molar-refractivity contribution in [1.82, 2.24) is 9.55 Å². The van der Waals surface area contributed by atoms with Gasteiger partial charge < -0.3 is 5.11 Å². The molecular formula is C15H10BrFN2O2. The molecule has 0 bridgehead atoms. The van der Waals surface area contributed by atoms with Crippen LogP contribution in [0.3, 0.4) is 0 Å². The molecule has 0 aliphatic rings. The molecule has 106 valence electrons. The molecule has 0 aliphatic carbocycles. The zero-order valence-corrected chi connectivity index (χ0v) is 12.6. The smallest absolute Gasteiger partial charge is 0.337 e. The highest BCUT2D eigenvalue weighted by atomic mass is 79.9. The van der Waals surface area contributed by atoms with Gasteiger partial charge in [-0.2, -0.15) is 0 Å². The predicted molar refractivity (Wildman–Crippen MR) is 80.4 cm³/mol. The average molecular weight is 349 g/mol. The van der Waals surface area contributed by atoms with Gasteiger partial charge in [0.25, 0.3) is 0 Å². The summed E-state index contributed by atoms with van der Waals surface area (Å²) in [6.07, 6.45) is 0. The number of para-hydroxylation sites is 1. The monoisotopic (exact) mass is 348 g/mol. The second kappa shape index (κ2) is 4.96. The molecule has 1 heterocycles. The molecule has 21 heavy (non-hydrogen) atoms. The van der Waals surface area contributed by atoms with E-state index in [2.05, 4.69) is 20.9 Å². The van der Waals surface area contributed by atoms with E-state index in [-0.39, 0.29) is 11.4 Å². The summed E-state index contributed by atoms with van der Waals surface area (Å²) >= 11 is 3.11. The molecule has 0 amide bonds. The van der Waals surface area contributed by atoms with Crippen LogP contribution >= 0.6 is 15.9 Å². The van der Waals surface area contributed by atoms with E-state index in [0.29, 0.717) is 27.0 Å². The van der Waals surface area contributed by atoms with Crippen LogP contribution in [-0.2, 0) is 0 Å². The number of fused-ring (bicyclic) bond motifs is 1. The number of imidazole rings is 1. The molecule has 0 saturated heterocycles. The van der Waals surface area contributed by atoms with Crippen LogP contribution in [0.5, 0.6) is 0 Å². The standard InChI is InChI=1S/C15H10BrFN2O2/c1-8-18-14-10(15(20)21)3-2-4-13(14)19(8)9-5-6-11(16)12(17)7-9/h2-7H,1H3,(H,20,21). The molecule has 0 radical (unpaired) electrons. The van der Waals surface area contributed by atoms with Crippen molar-refractivity contribution in [2.24, 2.45) is 0 Å². The Labute approximate surface area is 128 Å². The second-order valence-electron chi connectivity index (χ2n) is 4.57. The van der Waals surface area contributed by atoms with Gasteiger partial charge in [0.2, 0.25) is 0 Å². The highest BCUT2D eigenvalue weighted by Gasteiger charge is 2.16. The number of hydrogen-bond acceptors (Lipinski definition) is 2. The first-order chi connectivity index (χ1) is 9.99. The van der Waals surface area contributed by atoms with E-state index >= 15 is 0 Å². The van der Waals surface area contributed by atoms with Crippen molar-refractivity contribution < 1.29 is 14.3 Å². The van der Waals surface area contributed by atoms with E-state index in [1.54, 1.807) is 35.8 Å². The molecule has 4 nitrogen and oxygen atoms in total. The molecule has 0 unspecified atom stereocenters. The van der Waals surface area contributed by atoms with Gasteiger partial charge >= 0.3 is 5.97 Å². The van der Waals surface area contributed by atoms with E-state index in [1.165, 1.54) is 12.1 Å². The molecule has 2 aromatic carbocycles. The number of benzene rings is 2. The lowest BCUT2D eigenvalue weighted by Crippen LogP contribution is -1.99. The summed E-state index contributed by atoms with van der Waals surface area (Å²) < 4.78 is 15.8. The number of hydrogen-bond donors (Lipinski definition) is 1. The molecule has 0 atom stereocenters. The van der Waals surface area contributed by atoms with Crippen molar-refractivity contribution in [2.45, 2.75) is 6.92 Å². The van der Waals surface area contributed by atoms with Crippen LogP contribution in [0.4, 0.5) is 4.39 Å². The Morgan fingerprint density at radius 3 is 2.76 bits per heavy atom. The molecule has 3 aromatic rings. The van der Waals surface area contributed by atoms with Gasteiger partial charge in [-0.05, 0) is 53.2 Å². The quantitative estimate of drug-likeness (QED) is 0.763. The Morgan fingerprint density at radius 2 is 2.10 bits per heavy atom.